The van der Waals surface area contributed by atoms with E-state index in [1.165, 1.54) is 28.7 Å². The molecule has 0 unspecified atom stereocenters. The number of hydrogen-bond acceptors (Lipinski definition) is 0. The summed E-state index contributed by atoms with van der Waals surface area (Å²) < 4.78 is 0. The summed E-state index contributed by atoms with van der Waals surface area (Å²) in [5, 5.41) is 0. The van der Waals surface area contributed by atoms with Crippen LogP contribution in [0.25, 0.3) is 0 Å². The van der Waals surface area contributed by atoms with Crippen LogP contribution in [0.4, 0.5) is 0 Å². The summed E-state index contributed by atoms with van der Waals surface area (Å²) in [7, 11) is 0. The molecule has 0 bridgehead atoms. The van der Waals surface area contributed by atoms with Crippen LogP contribution in [0, 0.1) is 26.2 Å². The van der Waals surface area contributed by atoms with Gasteiger partial charge in [-0.1, -0.05) is 38.5 Å². The van der Waals surface area contributed by atoms with Crippen molar-refractivity contribution >= 4 is 0 Å². The van der Waals surface area contributed by atoms with Crippen LogP contribution in [0.2, 0.25) is 0 Å². The van der Waals surface area contributed by atoms with Crippen molar-refractivity contribution in [1.29, 1.82) is 0 Å². The largest absolute Gasteiger partial charge is 0.0599 e. The zero-order valence-corrected chi connectivity index (χ0v) is 10.4. The Morgan fingerprint density at radius 1 is 1.00 bits per heavy atom. The predicted molar refractivity (Wildman–Crippen MR) is 63.8 cm³/mol. The van der Waals surface area contributed by atoms with Crippen molar-refractivity contribution in [3.63, 3.8) is 0 Å². The lowest BCUT2D eigenvalue weighted by atomic mass is 9.85. The molecule has 1 aromatic rings. The maximum absolute atomic E-state index is 2.33. The molecule has 0 aliphatic carbocycles. The third kappa shape index (κ3) is 2.87. The first kappa shape index (κ1) is 11.3. The standard InChI is InChI=1S/C14H22/c1-10-7-11(2)12(3)13(8-10)9-14(4,5)6/h7-8H,9H2,1-6H3. The molecule has 0 radical (unpaired) electrons. The molecule has 0 heterocycles. The highest BCUT2D eigenvalue weighted by atomic mass is 14.2. The van der Waals surface area contributed by atoms with E-state index in [1.54, 1.807) is 0 Å². The van der Waals surface area contributed by atoms with Gasteiger partial charge in [-0.25, -0.2) is 0 Å². The van der Waals surface area contributed by atoms with Crippen molar-refractivity contribution in [2.45, 2.75) is 48.0 Å². The van der Waals surface area contributed by atoms with E-state index in [2.05, 4.69) is 53.7 Å². The molecular weight excluding hydrogens is 168 g/mol. The average molecular weight is 190 g/mol. The lowest BCUT2D eigenvalue weighted by Gasteiger charge is -2.21. The average Bonchev–Trinajstić information content (AvgIpc) is 1.96. The van der Waals surface area contributed by atoms with Gasteiger partial charge in [-0.3, -0.25) is 0 Å². The quantitative estimate of drug-likeness (QED) is 0.622. The monoisotopic (exact) mass is 190 g/mol. The summed E-state index contributed by atoms with van der Waals surface area (Å²) in [5.41, 5.74) is 6.16. The molecule has 0 aromatic heterocycles. The minimum Gasteiger partial charge on any atom is -0.0599 e. The molecule has 1 rings (SSSR count). The van der Waals surface area contributed by atoms with Gasteiger partial charge in [0.2, 0.25) is 0 Å². The number of rotatable bonds is 1. The highest BCUT2D eigenvalue weighted by Crippen LogP contribution is 2.25. The van der Waals surface area contributed by atoms with E-state index in [-0.39, 0.29) is 0 Å². The Labute approximate surface area is 88.4 Å². The first-order valence-corrected chi connectivity index (χ1v) is 5.36. The molecule has 14 heavy (non-hydrogen) atoms. The normalized spacial score (nSPS) is 11.9. The van der Waals surface area contributed by atoms with E-state index in [0.29, 0.717) is 5.41 Å². The maximum Gasteiger partial charge on any atom is -0.0227 e. The molecule has 0 spiro atoms. The third-order valence-electron chi connectivity index (χ3n) is 2.64. The molecule has 1 aromatic carbocycles. The van der Waals surface area contributed by atoms with Gasteiger partial charge in [0.1, 0.15) is 0 Å². The Bertz CT molecular complexity index is 327. The summed E-state index contributed by atoms with van der Waals surface area (Å²) in [6.45, 7) is 13.5. The highest BCUT2D eigenvalue weighted by Gasteiger charge is 2.13. The molecule has 0 heteroatoms. The second kappa shape index (κ2) is 3.76. The summed E-state index contributed by atoms with van der Waals surface area (Å²) >= 11 is 0. The van der Waals surface area contributed by atoms with Crippen LogP contribution in [0.1, 0.15) is 43.0 Å². The minimum atomic E-state index is 0.380. The van der Waals surface area contributed by atoms with Crippen LogP contribution in [0.5, 0.6) is 0 Å². The summed E-state index contributed by atoms with van der Waals surface area (Å²) in [6.07, 6.45) is 1.17. The molecular formula is C14H22. The van der Waals surface area contributed by atoms with Gasteiger partial charge in [-0.2, -0.15) is 0 Å². The SMILES string of the molecule is Cc1cc(C)c(C)c(CC(C)(C)C)c1. The van der Waals surface area contributed by atoms with E-state index >= 15 is 0 Å². The second-order valence-corrected chi connectivity index (χ2v) is 5.60. The molecule has 0 N–H and O–H groups in total. The molecule has 0 atom stereocenters. The van der Waals surface area contributed by atoms with Crippen LogP contribution in [-0.4, -0.2) is 0 Å². The molecule has 0 saturated heterocycles. The van der Waals surface area contributed by atoms with E-state index in [1.807, 2.05) is 0 Å². The summed E-state index contributed by atoms with van der Waals surface area (Å²) in [4.78, 5) is 0. The van der Waals surface area contributed by atoms with Gasteiger partial charge in [0, 0.05) is 0 Å². The van der Waals surface area contributed by atoms with Gasteiger partial charge in [0.05, 0.1) is 0 Å². The summed E-state index contributed by atoms with van der Waals surface area (Å²) in [5.74, 6) is 0. The van der Waals surface area contributed by atoms with Crippen molar-refractivity contribution in [2.24, 2.45) is 5.41 Å². The lowest BCUT2D eigenvalue weighted by molar-refractivity contribution is 0.410. The maximum atomic E-state index is 2.33. The van der Waals surface area contributed by atoms with E-state index in [4.69, 9.17) is 0 Å². The first-order chi connectivity index (χ1) is 6.29. The van der Waals surface area contributed by atoms with Gasteiger partial charge in [-0.15, -0.1) is 0 Å². The van der Waals surface area contributed by atoms with Gasteiger partial charge < -0.3 is 0 Å². The Morgan fingerprint density at radius 3 is 2.07 bits per heavy atom. The minimum absolute atomic E-state index is 0.380. The van der Waals surface area contributed by atoms with Crippen LogP contribution >= 0.6 is 0 Å². The van der Waals surface area contributed by atoms with Crippen molar-refractivity contribution in [2.75, 3.05) is 0 Å². The van der Waals surface area contributed by atoms with Crippen LogP contribution < -0.4 is 0 Å². The molecule has 78 valence electrons. The Balaban J connectivity index is 3.09. The third-order valence-corrected chi connectivity index (χ3v) is 2.64. The van der Waals surface area contributed by atoms with E-state index in [9.17, 15) is 0 Å². The van der Waals surface area contributed by atoms with Gasteiger partial charge in [0.15, 0.2) is 0 Å². The lowest BCUT2D eigenvalue weighted by Crippen LogP contribution is -2.10. The first-order valence-electron chi connectivity index (χ1n) is 5.36. The second-order valence-electron chi connectivity index (χ2n) is 5.60. The zero-order valence-electron chi connectivity index (χ0n) is 10.4. The van der Waals surface area contributed by atoms with Gasteiger partial charge >= 0.3 is 0 Å². The Kier molecular flexibility index (Phi) is 3.04. The topological polar surface area (TPSA) is 0 Å². The van der Waals surface area contributed by atoms with E-state index < -0.39 is 0 Å². The molecule has 0 nitrogen and oxygen atoms in total. The fourth-order valence-electron chi connectivity index (χ4n) is 1.88. The Morgan fingerprint density at radius 2 is 1.57 bits per heavy atom. The zero-order chi connectivity index (χ0) is 10.9. The van der Waals surface area contributed by atoms with Crippen molar-refractivity contribution in [3.8, 4) is 0 Å². The van der Waals surface area contributed by atoms with E-state index in [0.717, 1.165) is 0 Å². The van der Waals surface area contributed by atoms with Crippen molar-refractivity contribution in [1.82, 2.24) is 0 Å². The smallest absolute Gasteiger partial charge is 0.0227 e. The number of benzene rings is 1. The Hall–Kier alpha value is -0.780. The van der Waals surface area contributed by atoms with Gasteiger partial charge in [0.25, 0.3) is 0 Å². The molecule has 0 aliphatic heterocycles. The molecule has 0 saturated carbocycles. The van der Waals surface area contributed by atoms with Crippen LogP contribution in [0.3, 0.4) is 0 Å². The van der Waals surface area contributed by atoms with Crippen molar-refractivity contribution in [3.05, 3.63) is 34.4 Å². The molecule has 0 aliphatic rings. The van der Waals surface area contributed by atoms with Crippen LogP contribution in [-0.2, 0) is 6.42 Å². The van der Waals surface area contributed by atoms with Gasteiger partial charge in [-0.05, 0) is 49.3 Å². The highest BCUT2D eigenvalue weighted by molar-refractivity contribution is 5.37. The number of hydrogen-bond donors (Lipinski definition) is 0. The van der Waals surface area contributed by atoms with Crippen LogP contribution in [0.15, 0.2) is 12.1 Å². The fraction of sp³-hybridized carbons (Fsp3) is 0.571. The number of aryl methyl sites for hydroxylation is 2. The molecule has 0 fully saturated rings. The summed E-state index contributed by atoms with van der Waals surface area (Å²) in [6, 6.07) is 4.59. The molecule has 0 amide bonds. The van der Waals surface area contributed by atoms with Crippen molar-refractivity contribution < 1.29 is 0 Å². The predicted octanol–water partition coefficient (Wildman–Crippen LogP) is 4.20. The fourth-order valence-corrected chi connectivity index (χ4v) is 1.88.